The van der Waals surface area contributed by atoms with Gasteiger partial charge in [0.1, 0.15) is 18.2 Å². The highest BCUT2D eigenvalue weighted by molar-refractivity contribution is 7.99. The second kappa shape index (κ2) is 10.9. The highest BCUT2D eigenvalue weighted by Crippen LogP contribution is 2.40. The molecule has 4 aromatic rings. The summed E-state index contributed by atoms with van der Waals surface area (Å²) in [7, 11) is -4.02. The molecule has 0 fully saturated rings. The molecule has 5 rings (SSSR count). The lowest BCUT2D eigenvalue weighted by Gasteiger charge is -2.33. The lowest BCUT2D eigenvalue weighted by molar-refractivity contribution is -0.143. The minimum atomic E-state index is -4.02. The van der Waals surface area contributed by atoms with Crippen LogP contribution >= 0.6 is 11.8 Å². The van der Waals surface area contributed by atoms with Gasteiger partial charge in [-0.1, -0.05) is 30.3 Å². The second-order valence-electron chi connectivity index (χ2n) is 8.99. The Balaban J connectivity index is 1.55. The van der Waals surface area contributed by atoms with E-state index in [9.17, 15) is 22.0 Å². The van der Waals surface area contributed by atoms with Crippen LogP contribution in [0.25, 0.3) is 10.9 Å². The monoisotopic (exact) mass is 556 g/mol. The molecule has 0 saturated heterocycles. The minimum Gasteiger partial charge on any atom is -0.465 e. The third kappa shape index (κ3) is 5.21. The van der Waals surface area contributed by atoms with Crippen LogP contribution in [0.4, 0.5) is 8.78 Å². The zero-order valence-electron chi connectivity index (χ0n) is 20.6. The molecule has 1 aliphatic heterocycles. The normalized spacial score (nSPS) is 15.5. The molecular weight excluding hydrogens is 530 g/mol. The fourth-order valence-corrected chi connectivity index (χ4v) is 7.82. The molecule has 3 aromatic carbocycles. The van der Waals surface area contributed by atoms with Crippen LogP contribution < -0.4 is 0 Å². The van der Waals surface area contributed by atoms with E-state index < -0.39 is 27.7 Å². The Labute approximate surface area is 224 Å². The number of thioether (sulfide) groups is 1. The number of benzene rings is 3. The van der Waals surface area contributed by atoms with E-state index in [4.69, 9.17) is 4.74 Å². The standard InChI is InChI=1S/C28H26F2N2O4S2/c1-2-36-27(33)17-31-26-6-4-3-5-24(26)25-15-22(18-37-28(25)31)32(16-19-7-9-20(29)10-8-19)38(34,35)23-13-11-21(30)12-14-23/h3-14,22H,2,15-18H2,1H3/t22-/m0/s1. The van der Waals surface area contributed by atoms with Gasteiger partial charge in [-0.05, 0) is 66.9 Å². The molecule has 0 radical (unpaired) electrons. The third-order valence-corrected chi connectivity index (χ3v) is 9.75. The Bertz CT molecular complexity index is 1570. The summed E-state index contributed by atoms with van der Waals surface area (Å²) in [5, 5.41) is 1.86. The van der Waals surface area contributed by atoms with Gasteiger partial charge >= 0.3 is 5.97 Å². The molecular formula is C28H26F2N2O4S2. The van der Waals surface area contributed by atoms with Gasteiger partial charge in [0.25, 0.3) is 0 Å². The van der Waals surface area contributed by atoms with Gasteiger partial charge in [0.2, 0.25) is 10.0 Å². The van der Waals surface area contributed by atoms with Gasteiger partial charge in [-0.15, -0.1) is 11.8 Å². The van der Waals surface area contributed by atoms with Gasteiger partial charge < -0.3 is 9.30 Å². The van der Waals surface area contributed by atoms with E-state index in [0.717, 1.165) is 33.6 Å². The number of hydrogen-bond donors (Lipinski definition) is 0. The van der Waals surface area contributed by atoms with Crippen LogP contribution in [0.15, 0.2) is 82.7 Å². The summed E-state index contributed by atoms with van der Waals surface area (Å²) in [4.78, 5) is 12.3. The summed E-state index contributed by atoms with van der Waals surface area (Å²) in [6.07, 6.45) is 0.417. The van der Waals surface area contributed by atoms with Gasteiger partial charge in [0.05, 0.1) is 16.5 Å². The van der Waals surface area contributed by atoms with Crippen LogP contribution in [0.1, 0.15) is 18.1 Å². The number of carbonyl (C=O) groups is 1. The molecule has 0 saturated carbocycles. The number of rotatable bonds is 8. The molecule has 1 aliphatic rings. The Morgan fingerprint density at radius 3 is 2.37 bits per heavy atom. The highest BCUT2D eigenvalue weighted by Gasteiger charge is 2.36. The Kier molecular flexibility index (Phi) is 7.56. The predicted octanol–water partition coefficient (Wildman–Crippen LogP) is 5.39. The van der Waals surface area contributed by atoms with Crippen molar-refractivity contribution >= 4 is 38.7 Å². The number of esters is 1. The molecule has 0 unspecified atom stereocenters. The molecule has 1 aromatic heterocycles. The first-order valence-electron chi connectivity index (χ1n) is 12.2. The van der Waals surface area contributed by atoms with E-state index in [1.54, 1.807) is 19.1 Å². The molecule has 198 valence electrons. The Morgan fingerprint density at radius 2 is 1.68 bits per heavy atom. The first-order chi connectivity index (χ1) is 18.3. The zero-order chi connectivity index (χ0) is 26.9. The molecule has 1 atom stereocenters. The van der Waals surface area contributed by atoms with Gasteiger partial charge in [-0.3, -0.25) is 4.79 Å². The highest BCUT2D eigenvalue weighted by atomic mass is 32.2. The molecule has 0 amide bonds. The number of fused-ring (bicyclic) bond motifs is 3. The second-order valence-corrected chi connectivity index (χ2v) is 11.9. The van der Waals surface area contributed by atoms with E-state index in [2.05, 4.69) is 0 Å². The number of sulfonamides is 1. The maximum Gasteiger partial charge on any atom is 0.325 e. The molecule has 38 heavy (non-hydrogen) atoms. The molecule has 6 nitrogen and oxygen atoms in total. The van der Waals surface area contributed by atoms with E-state index in [1.165, 1.54) is 40.3 Å². The summed E-state index contributed by atoms with van der Waals surface area (Å²) in [5.41, 5.74) is 2.48. The average molecular weight is 557 g/mol. The van der Waals surface area contributed by atoms with Crippen LogP contribution in [-0.4, -0.2) is 41.7 Å². The van der Waals surface area contributed by atoms with Crippen molar-refractivity contribution in [2.45, 2.75) is 42.4 Å². The van der Waals surface area contributed by atoms with Crippen LogP contribution in [0, 0.1) is 11.6 Å². The van der Waals surface area contributed by atoms with Crippen LogP contribution in [0.2, 0.25) is 0 Å². The fourth-order valence-electron chi connectivity index (χ4n) is 4.78. The number of carbonyl (C=O) groups excluding carboxylic acids is 1. The van der Waals surface area contributed by atoms with E-state index in [1.807, 2.05) is 28.8 Å². The van der Waals surface area contributed by atoms with Gasteiger partial charge in [-0.2, -0.15) is 4.31 Å². The molecule has 0 bridgehead atoms. The van der Waals surface area contributed by atoms with Crippen LogP contribution in [-0.2, 0) is 39.1 Å². The predicted molar refractivity (Wildman–Crippen MR) is 142 cm³/mol. The third-order valence-electron chi connectivity index (χ3n) is 6.55. The number of halogens is 2. The smallest absolute Gasteiger partial charge is 0.325 e. The molecule has 0 N–H and O–H groups in total. The maximum absolute atomic E-state index is 13.9. The van der Waals surface area contributed by atoms with Crippen molar-refractivity contribution < 1.29 is 26.7 Å². The van der Waals surface area contributed by atoms with Crippen molar-refractivity contribution in [3.05, 3.63) is 95.6 Å². The Hall–Kier alpha value is -3.21. The van der Waals surface area contributed by atoms with Crippen molar-refractivity contribution in [3.8, 4) is 0 Å². The zero-order valence-corrected chi connectivity index (χ0v) is 22.3. The van der Waals surface area contributed by atoms with Crippen molar-refractivity contribution in [3.63, 3.8) is 0 Å². The number of hydrogen-bond acceptors (Lipinski definition) is 5. The quantitative estimate of drug-likeness (QED) is 0.272. The largest absolute Gasteiger partial charge is 0.465 e. The SMILES string of the molecule is CCOC(=O)Cn1c2c(c3ccccc31)C[C@H](N(Cc1ccc(F)cc1)S(=O)(=O)c1ccc(F)cc1)CS2. The topological polar surface area (TPSA) is 68.6 Å². The van der Waals surface area contributed by atoms with Crippen molar-refractivity contribution in [1.82, 2.24) is 8.87 Å². The maximum atomic E-state index is 13.9. The van der Waals surface area contributed by atoms with Gasteiger partial charge in [-0.25, -0.2) is 17.2 Å². The first-order valence-corrected chi connectivity index (χ1v) is 14.6. The van der Waals surface area contributed by atoms with Crippen molar-refractivity contribution in [2.24, 2.45) is 0 Å². The number of nitrogens with zero attached hydrogens (tertiary/aromatic N) is 2. The lowest BCUT2D eigenvalue weighted by atomic mass is 10.1. The van der Waals surface area contributed by atoms with Gasteiger partial charge in [0.15, 0.2) is 0 Å². The molecule has 2 heterocycles. The minimum absolute atomic E-state index is 0.0125. The summed E-state index contributed by atoms with van der Waals surface area (Å²) in [6, 6.07) is 17.8. The summed E-state index contributed by atoms with van der Waals surface area (Å²) in [5.74, 6) is -0.834. The first kappa shape index (κ1) is 26.4. The Morgan fingerprint density at radius 1 is 1.03 bits per heavy atom. The van der Waals surface area contributed by atoms with Crippen molar-refractivity contribution in [1.29, 1.82) is 0 Å². The van der Waals surface area contributed by atoms with E-state index >= 15 is 0 Å². The fraction of sp³-hybridized carbons (Fsp3) is 0.250. The van der Waals surface area contributed by atoms with Gasteiger partial charge in [0, 0.05) is 29.2 Å². The lowest BCUT2D eigenvalue weighted by Crippen LogP contribution is -2.43. The van der Waals surface area contributed by atoms with Crippen LogP contribution in [0.5, 0.6) is 0 Å². The summed E-state index contributed by atoms with van der Waals surface area (Å²) >= 11 is 1.49. The molecule has 0 spiro atoms. The van der Waals surface area contributed by atoms with Crippen LogP contribution in [0.3, 0.4) is 0 Å². The van der Waals surface area contributed by atoms with E-state index in [0.29, 0.717) is 17.7 Å². The molecule has 0 aliphatic carbocycles. The average Bonchev–Trinajstić information content (AvgIpc) is 3.21. The number of para-hydroxylation sites is 1. The molecule has 10 heteroatoms. The van der Waals surface area contributed by atoms with E-state index in [-0.39, 0.29) is 30.6 Å². The number of aromatic nitrogens is 1. The summed E-state index contributed by atoms with van der Waals surface area (Å²) < 4.78 is 63.4. The number of ether oxygens (including phenoxy) is 1. The van der Waals surface area contributed by atoms with Crippen molar-refractivity contribution in [2.75, 3.05) is 12.4 Å². The summed E-state index contributed by atoms with van der Waals surface area (Å²) in [6.45, 7) is 2.14.